The number of allylic oxidation sites excluding steroid dienone is 4. The smallest absolute Gasteiger partial charge is 0.329 e. The molecule has 3 rings (SSSR count). The van der Waals surface area contributed by atoms with Gasteiger partial charge in [0.15, 0.2) is 0 Å². The zero-order chi connectivity index (χ0) is 38.0. The molecule has 11 nitrogen and oxygen atoms in total. The number of fused-ring (bicyclic) bond motifs is 3. The minimum absolute atomic E-state index is 0.121. The Labute approximate surface area is 304 Å². The van der Waals surface area contributed by atoms with Gasteiger partial charge in [0.05, 0.1) is 18.3 Å². The predicted molar refractivity (Wildman–Crippen MR) is 193 cm³/mol. The van der Waals surface area contributed by atoms with Crippen LogP contribution in [0.2, 0.25) is 0 Å². The highest BCUT2D eigenvalue weighted by Gasteiger charge is 2.56. The van der Waals surface area contributed by atoms with Crippen LogP contribution in [0.25, 0.3) is 0 Å². The topological polar surface area (TPSA) is 149 Å². The van der Waals surface area contributed by atoms with Crippen LogP contribution in [-0.2, 0) is 38.1 Å². The molecule has 11 heteroatoms. The van der Waals surface area contributed by atoms with Crippen LogP contribution in [-0.4, -0.2) is 102 Å². The summed E-state index contributed by atoms with van der Waals surface area (Å²) in [4.78, 5) is 57.0. The third kappa shape index (κ3) is 10.5. The molecular formula is C40H63NO10. The van der Waals surface area contributed by atoms with E-state index in [1.807, 2.05) is 39.8 Å². The van der Waals surface area contributed by atoms with Gasteiger partial charge in [-0.3, -0.25) is 14.4 Å². The summed E-state index contributed by atoms with van der Waals surface area (Å²) in [5.74, 6) is -7.27. The van der Waals surface area contributed by atoms with E-state index < -0.39 is 77.8 Å². The van der Waals surface area contributed by atoms with Crippen LogP contribution in [0.15, 0.2) is 36.0 Å². The maximum absolute atomic E-state index is 14.0. The van der Waals surface area contributed by atoms with Crippen LogP contribution in [0.5, 0.6) is 0 Å². The SMILES string of the molecule is C=CC[C@@H]1/C=C(\C)CCC[C@H](OC)C2OC(O)(C(=O)C(=O)N3CCCC[C@H]3C(=O)O[C@H](/C(C)=C/C(C)CC)[C@H](C)[C@@H](O)CC1=O)C(C)CC2OC. The second-order valence-corrected chi connectivity index (χ2v) is 15.1. The lowest BCUT2D eigenvalue weighted by atomic mass is 9.83. The van der Waals surface area contributed by atoms with Gasteiger partial charge in [-0.15, -0.1) is 6.58 Å². The first-order valence-electron chi connectivity index (χ1n) is 18.8. The van der Waals surface area contributed by atoms with E-state index in [0.29, 0.717) is 38.5 Å². The third-order valence-corrected chi connectivity index (χ3v) is 11.2. The number of carbonyl (C=O) groups excluding carboxylic acids is 4. The zero-order valence-electron chi connectivity index (χ0n) is 32.1. The molecule has 11 atom stereocenters. The van der Waals surface area contributed by atoms with E-state index in [2.05, 4.69) is 6.58 Å². The first-order valence-corrected chi connectivity index (χ1v) is 18.8. The number of aliphatic hydroxyl groups is 2. The van der Waals surface area contributed by atoms with Gasteiger partial charge in [-0.25, -0.2) is 4.79 Å². The van der Waals surface area contributed by atoms with Crippen molar-refractivity contribution in [2.45, 2.75) is 148 Å². The predicted octanol–water partition coefficient (Wildman–Crippen LogP) is 5.26. The van der Waals surface area contributed by atoms with Crippen molar-refractivity contribution in [3.63, 3.8) is 0 Å². The highest BCUT2D eigenvalue weighted by molar-refractivity contribution is 6.39. The Morgan fingerprint density at radius 1 is 1.12 bits per heavy atom. The third-order valence-electron chi connectivity index (χ3n) is 11.2. The summed E-state index contributed by atoms with van der Waals surface area (Å²) in [5.41, 5.74) is 1.71. The molecular weight excluding hydrogens is 654 g/mol. The van der Waals surface area contributed by atoms with Crippen molar-refractivity contribution in [3.05, 3.63) is 36.0 Å². The number of rotatable bonds is 7. The van der Waals surface area contributed by atoms with Gasteiger partial charge in [-0.05, 0) is 76.7 Å². The average molecular weight is 718 g/mol. The zero-order valence-corrected chi connectivity index (χ0v) is 32.1. The minimum Gasteiger partial charge on any atom is -0.456 e. The maximum Gasteiger partial charge on any atom is 0.329 e. The number of nitrogens with zero attached hydrogens (tertiary/aromatic N) is 1. The second-order valence-electron chi connectivity index (χ2n) is 15.1. The standard InChI is InChI=1S/C40H63NO10/c1-10-15-29-21-25(4)16-14-18-33(48-8)36-34(49-9)22-27(6)40(47,51-36)37(44)38(45)41-19-13-12-17-30(41)39(46)50-35(26(5)20-24(3)11-2)28(7)31(42)23-32(29)43/h10,20-21,24,27-31,33-36,42,47H,1,11-19,22-23H2,2-9H3/b25-21+,26-20+/t24?,27?,28-,29-,30+,31+,33+,34?,35-,36?,40?/m1/s1. The molecule has 3 aliphatic rings. The summed E-state index contributed by atoms with van der Waals surface area (Å²) in [7, 11) is 3.06. The molecule has 0 aromatic heterocycles. The summed E-state index contributed by atoms with van der Waals surface area (Å²) in [5, 5.41) is 23.4. The number of carbonyl (C=O) groups is 4. The average Bonchev–Trinajstić information content (AvgIpc) is 3.11. The van der Waals surface area contributed by atoms with Crippen molar-refractivity contribution in [2.75, 3.05) is 20.8 Å². The maximum atomic E-state index is 14.0. The number of hydrogen-bond acceptors (Lipinski definition) is 10. The van der Waals surface area contributed by atoms with E-state index in [9.17, 15) is 29.4 Å². The van der Waals surface area contributed by atoms with Gasteiger partial charge in [-0.2, -0.15) is 0 Å². The molecule has 51 heavy (non-hydrogen) atoms. The molecule has 3 aliphatic heterocycles. The van der Waals surface area contributed by atoms with E-state index in [0.717, 1.165) is 17.6 Å². The van der Waals surface area contributed by atoms with Gasteiger partial charge >= 0.3 is 5.97 Å². The number of piperidine rings is 1. The monoisotopic (exact) mass is 717 g/mol. The van der Waals surface area contributed by atoms with Crippen molar-refractivity contribution in [3.8, 4) is 0 Å². The molecule has 3 heterocycles. The Balaban J connectivity index is 2.11. The van der Waals surface area contributed by atoms with E-state index in [1.54, 1.807) is 19.9 Å². The molecule has 0 aliphatic carbocycles. The Morgan fingerprint density at radius 2 is 1.80 bits per heavy atom. The van der Waals surface area contributed by atoms with Crippen LogP contribution < -0.4 is 0 Å². The van der Waals surface area contributed by atoms with Gasteiger partial charge in [0.1, 0.15) is 24.0 Å². The number of methoxy groups -OCH3 is 2. The fourth-order valence-corrected chi connectivity index (χ4v) is 7.69. The Bertz CT molecular complexity index is 1290. The van der Waals surface area contributed by atoms with E-state index in [-0.39, 0.29) is 37.5 Å². The number of ether oxygens (including phenoxy) is 4. The van der Waals surface area contributed by atoms with Crippen LogP contribution in [0.3, 0.4) is 0 Å². The Hall–Kier alpha value is -2.70. The van der Waals surface area contributed by atoms with Crippen LogP contribution in [0.1, 0.15) is 106 Å². The summed E-state index contributed by atoms with van der Waals surface area (Å²) in [6.45, 7) is 15.2. The molecule has 2 bridgehead atoms. The molecule has 2 saturated heterocycles. The summed E-state index contributed by atoms with van der Waals surface area (Å²) in [6, 6.07) is -1.09. The molecule has 288 valence electrons. The minimum atomic E-state index is -2.47. The molecule has 0 spiro atoms. The van der Waals surface area contributed by atoms with Crippen LogP contribution >= 0.6 is 0 Å². The van der Waals surface area contributed by atoms with Crippen molar-refractivity contribution >= 4 is 23.4 Å². The molecule has 1 amide bonds. The Kier molecular flexibility index (Phi) is 16.2. The summed E-state index contributed by atoms with van der Waals surface area (Å²) < 4.78 is 23.9. The summed E-state index contributed by atoms with van der Waals surface area (Å²) in [6.07, 6.45) is 6.19. The first kappa shape index (κ1) is 42.7. The summed E-state index contributed by atoms with van der Waals surface area (Å²) >= 11 is 0. The number of ketones is 2. The van der Waals surface area contributed by atoms with E-state index >= 15 is 0 Å². The number of aliphatic hydroxyl groups excluding tert-OH is 1. The van der Waals surface area contributed by atoms with Crippen molar-refractivity contribution in [2.24, 2.45) is 23.7 Å². The van der Waals surface area contributed by atoms with Crippen molar-refractivity contribution in [1.29, 1.82) is 0 Å². The fourth-order valence-electron chi connectivity index (χ4n) is 7.69. The fraction of sp³-hybridized carbons (Fsp3) is 0.750. The molecule has 2 N–H and O–H groups in total. The van der Waals surface area contributed by atoms with Gasteiger partial charge in [0.2, 0.25) is 5.79 Å². The number of Topliss-reactive ketones (excluding diaryl/α,β-unsaturated/α-hetero) is 2. The molecule has 2 fully saturated rings. The number of cyclic esters (lactones) is 1. The molecule has 0 aromatic carbocycles. The van der Waals surface area contributed by atoms with E-state index in [1.165, 1.54) is 19.1 Å². The van der Waals surface area contributed by atoms with Crippen molar-refractivity contribution in [1.82, 2.24) is 4.90 Å². The quantitative estimate of drug-likeness (QED) is 0.203. The normalized spacial score (nSPS) is 37.4. The number of hydrogen-bond donors (Lipinski definition) is 2. The van der Waals surface area contributed by atoms with Crippen molar-refractivity contribution < 1.29 is 48.3 Å². The number of esters is 1. The van der Waals surface area contributed by atoms with Crippen LogP contribution in [0.4, 0.5) is 0 Å². The molecule has 0 aromatic rings. The van der Waals surface area contributed by atoms with Gasteiger partial charge in [0.25, 0.3) is 11.7 Å². The molecule has 5 unspecified atom stereocenters. The van der Waals surface area contributed by atoms with Crippen LogP contribution in [0, 0.1) is 23.7 Å². The lowest BCUT2D eigenvalue weighted by molar-refractivity contribution is -0.302. The van der Waals surface area contributed by atoms with Gasteiger partial charge < -0.3 is 34.1 Å². The number of amides is 1. The second kappa shape index (κ2) is 19.4. The highest BCUT2D eigenvalue weighted by Crippen LogP contribution is 2.38. The highest BCUT2D eigenvalue weighted by atomic mass is 16.7. The first-order chi connectivity index (χ1) is 24.1. The van der Waals surface area contributed by atoms with E-state index in [4.69, 9.17) is 18.9 Å². The lowest BCUT2D eigenvalue weighted by Crippen LogP contribution is -2.64. The Morgan fingerprint density at radius 3 is 2.43 bits per heavy atom. The van der Waals surface area contributed by atoms with Gasteiger partial charge in [-0.1, -0.05) is 57.9 Å². The largest absolute Gasteiger partial charge is 0.456 e. The molecule has 0 saturated carbocycles. The van der Waals surface area contributed by atoms with Gasteiger partial charge in [0, 0.05) is 44.9 Å². The lowest BCUT2D eigenvalue weighted by Gasteiger charge is -2.46. The molecule has 0 radical (unpaired) electrons.